The van der Waals surface area contributed by atoms with E-state index in [9.17, 15) is 0 Å². The van der Waals surface area contributed by atoms with Crippen LogP contribution in [0.25, 0.3) is 10.8 Å². The van der Waals surface area contributed by atoms with E-state index < -0.39 is 0 Å². The summed E-state index contributed by atoms with van der Waals surface area (Å²) in [6, 6.07) is 15.5. The van der Waals surface area contributed by atoms with Crippen LogP contribution in [0, 0.1) is 0 Å². The zero-order chi connectivity index (χ0) is 10.7. The molecule has 0 bridgehead atoms. The average Bonchev–Trinajstić information content (AvgIpc) is 2.30. The molecule has 1 heteroatoms. The molecule has 0 atom stereocenters. The zero-order valence-electron chi connectivity index (χ0n) is 9.40. The Morgan fingerprint density at radius 3 is 2.20 bits per heavy atom. The third kappa shape index (κ3) is 2.21. The lowest BCUT2D eigenvalue weighted by molar-refractivity contribution is 1.42. The van der Waals surface area contributed by atoms with Gasteiger partial charge in [-0.15, -0.1) is 0 Å². The number of rotatable bonds is 3. The van der Waals surface area contributed by atoms with E-state index in [-0.39, 0.29) is 7.92 Å². The molecular formula is C14H17P. The Hall–Kier alpha value is -0.870. The molecule has 0 fully saturated rings. The maximum Gasteiger partial charge on any atom is -0.0178 e. The predicted octanol–water partition coefficient (Wildman–Crippen LogP) is 3.99. The van der Waals surface area contributed by atoms with Gasteiger partial charge in [-0.3, -0.25) is 0 Å². The Morgan fingerprint density at radius 2 is 1.53 bits per heavy atom. The molecule has 0 nitrogen and oxygen atoms in total. The van der Waals surface area contributed by atoms with E-state index in [1.54, 1.807) is 5.30 Å². The minimum atomic E-state index is 0.0755. The molecule has 0 aliphatic rings. The molecule has 0 spiro atoms. The Morgan fingerprint density at radius 1 is 0.867 bits per heavy atom. The smallest absolute Gasteiger partial charge is 0.0178 e. The summed E-state index contributed by atoms with van der Waals surface area (Å²) in [4.78, 5) is 0. The van der Waals surface area contributed by atoms with Crippen LogP contribution < -0.4 is 5.30 Å². The van der Waals surface area contributed by atoms with Crippen molar-refractivity contribution in [2.45, 2.75) is 13.8 Å². The summed E-state index contributed by atoms with van der Waals surface area (Å²) < 4.78 is 0. The first-order chi connectivity index (χ1) is 7.35. The molecule has 0 radical (unpaired) electrons. The number of fused-ring (bicyclic) bond motifs is 1. The predicted molar refractivity (Wildman–Crippen MR) is 71.6 cm³/mol. The Labute approximate surface area is 93.1 Å². The molecule has 2 rings (SSSR count). The largest absolute Gasteiger partial charge is 0.0758 e. The molecule has 0 saturated carbocycles. The van der Waals surface area contributed by atoms with Gasteiger partial charge in [-0.2, -0.15) is 0 Å². The van der Waals surface area contributed by atoms with Crippen LogP contribution >= 0.6 is 7.92 Å². The molecular weight excluding hydrogens is 199 g/mol. The van der Waals surface area contributed by atoms with Crippen molar-refractivity contribution < 1.29 is 0 Å². The lowest BCUT2D eigenvalue weighted by Gasteiger charge is -2.14. The van der Waals surface area contributed by atoms with Crippen LogP contribution in [0.5, 0.6) is 0 Å². The van der Waals surface area contributed by atoms with Crippen LogP contribution in [0.15, 0.2) is 42.5 Å². The van der Waals surface area contributed by atoms with E-state index in [2.05, 4.69) is 56.3 Å². The third-order valence-corrected chi connectivity index (χ3v) is 5.40. The van der Waals surface area contributed by atoms with Crippen LogP contribution in [0.4, 0.5) is 0 Å². The van der Waals surface area contributed by atoms with Crippen molar-refractivity contribution >= 4 is 24.0 Å². The van der Waals surface area contributed by atoms with Gasteiger partial charge >= 0.3 is 0 Å². The van der Waals surface area contributed by atoms with Crippen molar-refractivity contribution in [3.05, 3.63) is 42.5 Å². The lowest BCUT2D eigenvalue weighted by Crippen LogP contribution is -2.03. The maximum absolute atomic E-state index is 2.37. The molecule has 0 aliphatic heterocycles. The summed E-state index contributed by atoms with van der Waals surface area (Å²) in [6.07, 6.45) is 2.59. The molecule has 78 valence electrons. The van der Waals surface area contributed by atoms with E-state index in [0.29, 0.717) is 0 Å². The van der Waals surface area contributed by atoms with Crippen molar-refractivity contribution in [3.63, 3.8) is 0 Å². The minimum Gasteiger partial charge on any atom is -0.0758 e. The van der Waals surface area contributed by atoms with Crippen molar-refractivity contribution in [2.75, 3.05) is 12.3 Å². The molecule has 0 aromatic heterocycles. The lowest BCUT2D eigenvalue weighted by atomic mass is 10.1. The summed E-state index contributed by atoms with van der Waals surface area (Å²) in [5, 5.41) is 4.28. The van der Waals surface area contributed by atoms with E-state index >= 15 is 0 Å². The fourth-order valence-corrected chi connectivity index (χ4v) is 3.75. The Balaban J connectivity index is 2.46. The van der Waals surface area contributed by atoms with Crippen LogP contribution in [0.1, 0.15) is 13.8 Å². The molecule has 0 unspecified atom stereocenters. The maximum atomic E-state index is 2.37. The van der Waals surface area contributed by atoms with Crippen molar-refractivity contribution in [3.8, 4) is 0 Å². The Bertz CT molecular complexity index is 444. The summed E-state index contributed by atoms with van der Waals surface area (Å²) in [6.45, 7) is 4.59. The minimum absolute atomic E-state index is 0.0755. The first-order valence-corrected chi connectivity index (χ1v) is 7.30. The topological polar surface area (TPSA) is 0 Å². The summed E-state index contributed by atoms with van der Waals surface area (Å²) in [5.74, 6) is 0. The molecule has 2 aromatic rings. The zero-order valence-corrected chi connectivity index (χ0v) is 10.3. The quantitative estimate of drug-likeness (QED) is 0.680. The molecule has 0 aliphatic carbocycles. The highest BCUT2D eigenvalue weighted by molar-refractivity contribution is 7.65. The molecule has 0 heterocycles. The van der Waals surface area contributed by atoms with Gasteiger partial charge in [0.2, 0.25) is 0 Å². The van der Waals surface area contributed by atoms with E-state index in [4.69, 9.17) is 0 Å². The average molecular weight is 216 g/mol. The standard InChI is InChI=1S/C14H17P/c1-3-15(4-2)14-10-9-12-7-5-6-8-13(12)11-14/h5-11H,3-4H2,1-2H3. The highest BCUT2D eigenvalue weighted by atomic mass is 31.1. The highest BCUT2D eigenvalue weighted by Gasteiger charge is 2.05. The first kappa shape index (κ1) is 10.6. The van der Waals surface area contributed by atoms with E-state index in [1.165, 1.54) is 23.1 Å². The van der Waals surface area contributed by atoms with Gasteiger partial charge in [-0.1, -0.05) is 58.2 Å². The van der Waals surface area contributed by atoms with Crippen molar-refractivity contribution in [1.29, 1.82) is 0 Å². The molecule has 15 heavy (non-hydrogen) atoms. The van der Waals surface area contributed by atoms with Crippen LogP contribution in [0.2, 0.25) is 0 Å². The van der Waals surface area contributed by atoms with Crippen molar-refractivity contribution in [1.82, 2.24) is 0 Å². The third-order valence-electron chi connectivity index (χ3n) is 2.86. The van der Waals surface area contributed by atoms with E-state index in [1.807, 2.05) is 0 Å². The van der Waals surface area contributed by atoms with E-state index in [0.717, 1.165) is 0 Å². The van der Waals surface area contributed by atoms with Crippen molar-refractivity contribution in [2.24, 2.45) is 0 Å². The number of hydrogen-bond donors (Lipinski definition) is 0. The van der Waals surface area contributed by atoms with Crippen LogP contribution in [-0.2, 0) is 0 Å². The fraction of sp³-hybridized carbons (Fsp3) is 0.286. The number of hydrogen-bond acceptors (Lipinski definition) is 0. The molecule has 0 amide bonds. The molecule has 0 N–H and O–H groups in total. The summed E-state index contributed by atoms with van der Waals surface area (Å²) in [7, 11) is 0.0755. The normalized spacial score (nSPS) is 11.1. The Kier molecular flexibility index (Phi) is 3.38. The second-order valence-corrected chi connectivity index (χ2v) is 6.56. The molecule has 2 aromatic carbocycles. The second kappa shape index (κ2) is 4.77. The summed E-state index contributed by atoms with van der Waals surface area (Å²) >= 11 is 0. The van der Waals surface area contributed by atoms with Gasteiger partial charge in [0.25, 0.3) is 0 Å². The number of benzene rings is 2. The van der Waals surface area contributed by atoms with Crippen LogP contribution in [0.3, 0.4) is 0 Å². The fourth-order valence-electron chi connectivity index (χ4n) is 1.96. The van der Waals surface area contributed by atoms with Gasteiger partial charge in [0.15, 0.2) is 0 Å². The van der Waals surface area contributed by atoms with Gasteiger partial charge in [-0.25, -0.2) is 0 Å². The van der Waals surface area contributed by atoms with Gasteiger partial charge in [0, 0.05) is 0 Å². The van der Waals surface area contributed by atoms with Gasteiger partial charge in [-0.05, 0) is 34.5 Å². The second-order valence-electron chi connectivity index (χ2n) is 3.70. The van der Waals surface area contributed by atoms with Gasteiger partial charge < -0.3 is 0 Å². The highest BCUT2D eigenvalue weighted by Crippen LogP contribution is 2.33. The monoisotopic (exact) mass is 216 g/mol. The molecule has 0 saturated heterocycles. The van der Waals surface area contributed by atoms with Gasteiger partial charge in [0.05, 0.1) is 0 Å². The van der Waals surface area contributed by atoms with Gasteiger partial charge in [0.1, 0.15) is 0 Å². The summed E-state index contributed by atoms with van der Waals surface area (Å²) in [5.41, 5.74) is 0. The van der Waals surface area contributed by atoms with Crippen LogP contribution in [-0.4, -0.2) is 12.3 Å². The SMILES string of the molecule is CCP(CC)c1ccc2ccccc2c1. The first-order valence-electron chi connectivity index (χ1n) is 5.59.